The van der Waals surface area contributed by atoms with Gasteiger partial charge in [-0.2, -0.15) is 0 Å². The minimum Gasteiger partial charge on any atom is -0.492 e. The number of esters is 2. The molecule has 0 N–H and O–H groups in total. The van der Waals surface area contributed by atoms with Gasteiger partial charge < -0.3 is 14.2 Å². The molecule has 1 aliphatic heterocycles. The van der Waals surface area contributed by atoms with Gasteiger partial charge in [-0.3, -0.25) is 14.5 Å². The van der Waals surface area contributed by atoms with Gasteiger partial charge in [0.2, 0.25) is 0 Å². The van der Waals surface area contributed by atoms with Crippen LogP contribution in [0.2, 0.25) is 0 Å². The van der Waals surface area contributed by atoms with Crippen molar-refractivity contribution in [2.45, 2.75) is 38.8 Å². The highest BCUT2D eigenvalue weighted by molar-refractivity contribution is 5.81. The number of benzene rings is 1. The summed E-state index contributed by atoms with van der Waals surface area (Å²) in [4.78, 5) is 26.2. The van der Waals surface area contributed by atoms with Crippen molar-refractivity contribution in [1.82, 2.24) is 4.90 Å². The lowest BCUT2D eigenvalue weighted by atomic mass is 10.2. The first-order chi connectivity index (χ1) is 11.7. The molecule has 0 amide bonds. The Kier molecular flexibility index (Phi) is 7.06. The van der Waals surface area contributed by atoms with E-state index in [1.54, 1.807) is 13.8 Å². The van der Waals surface area contributed by atoms with Crippen LogP contribution in [0, 0.1) is 0 Å². The van der Waals surface area contributed by atoms with Gasteiger partial charge in [-0.15, -0.1) is 0 Å². The van der Waals surface area contributed by atoms with Crippen LogP contribution in [0.1, 0.15) is 26.7 Å². The fraction of sp³-hybridized carbons (Fsp3) is 0.556. The summed E-state index contributed by atoms with van der Waals surface area (Å²) in [6, 6.07) is 8.62. The van der Waals surface area contributed by atoms with Crippen LogP contribution < -0.4 is 4.74 Å². The van der Waals surface area contributed by atoms with Gasteiger partial charge in [0.25, 0.3) is 0 Å². The lowest BCUT2D eigenvalue weighted by Crippen LogP contribution is -2.47. The molecule has 1 fully saturated rings. The lowest BCUT2D eigenvalue weighted by molar-refractivity contribution is -0.153. The average molecular weight is 335 g/mol. The van der Waals surface area contributed by atoms with Crippen LogP contribution in [-0.4, -0.2) is 55.3 Å². The molecule has 1 heterocycles. The average Bonchev–Trinajstić information content (AvgIpc) is 3.00. The largest absolute Gasteiger partial charge is 0.492 e. The molecule has 24 heavy (non-hydrogen) atoms. The van der Waals surface area contributed by atoms with E-state index in [0.29, 0.717) is 39.2 Å². The van der Waals surface area contributed by atoms with E-state index < -0.39 is 12.1 Å². The van der Waals surface area contributed by atoms with E-state index in [4.69, 9.17) is 14.2 Å². The summed E-state index contributed by atoms with van der Waals surface area (Å²) in [5.74, 6) is 0.185. The highest BCUT2D eigenvalue weighted by Gasteiger charge is 2.42. The van der Waals surface area contributed by atoms with Crippen molar-refractivity contribution in [2.24, 2.45) is 0 Å². The summed E-state index contributed by atoms with van der Waals surface area (Å²) in [5.41, 5.74) is 0. The first-order valence-electron chi connectivity index (χ1n) is 8.44. The van der Waals surface area contributed by atoms with Gasteiger partial charge in [-0.1, -0.05) is 18.2 Å². The third kappa shape index (κ3) is 4.71. The number of likely N-dealkylation sites (tertiary alicyclic amines) is 1. The van der Waals surface area contributed by atoms with Gasteiger partial charge in [0, 0.05) is 6.54 Å². The molecule has 0 saturated carbocycles. The van der Waals surface area contributed by atoms with Gasteiger partial charge in [-0.05, 0) is 38.8 Å². The molecule has 132 valence electrons. The molecule has 0 bridgehead atoms. The summed E-state index contributed by atoms with van der Waals surface area (Å²) in [6.45, 7) is 5.05. The number of ether oxygens (including phenoxy) is 3. The molecule has 1 aromatic rings. The van der Waals surface area contributed by atoms with Crippen molar-refractivity contribution in [3.8, 4) is 5.75 Å². The fourth-order valence-electron chi connectivity index (χ4n) is 2.95. The van der Waals surface area contributed by atoms with E-state index in [1.807, 2.05) is 35.2 Å². The van der Waals surface area contributed by atoms with Crippen molar-refractivity contribution < 1.29 is 23.8 Å². The highest BCUT2D eigenvalue weighted by Crippen LogP contribution is 2.26. The van der Waals surface area contributed by atoms with Crippen LogP contribution in [-0.2, 0) is 19.1 Å². The number of nitrogens with zero attached hydrogens (tertiary/aromatic N) is 1. The van der Waals surface area contributed by atoms with Crippen LogP contribution in [0.4, 0.5) is 0 Å². The second-order valence-electron chi connectivity index (χ2n) is 5.51. The second-order valence-corrected chi connectivity index (χ2v) is 5.51. The zero-order valence-corrected chi connectivity index (χ0v) is 14.3. The van der Waals surface area contributed by atoms with Gasteiger partial charge >= 0.3 is 11.9 Å². The smallest absolute Gasteiger partial charge is 0.323 e. The van der Waals surface area contributed by atoms with Gasteiger partial charge in [0.15, 0.2) is 0 Å². The zero-order valence-electron chi connectivity index (χ0n) is 14.3. The highest BCUT2D eigenvalue weighted by atomic mass is 16.5. The van der Waals surface area contributed by atoms with Crippen LogP contribution >= 0.6 is 0 Å². The molecule has 1 aliphatic rings. The van der Waals surface area contributed by atoms with Crippen molar-refractivity contribution in [3.63, 3.8) is 0 Å². The van der Waals surface area contributed by atoms with Gasteiger partial charge in [0.05, 0.1) is 13.2 Å². The Hall–Kier alpha value is -2.08. The summed E-state index contributed by atoms with van der Waals surface area (Å²) in [7, 11) is 0. The maximum Gasteiger partial charge on any atom is 0.323 e. The van der Waals surface area contributed by atoms with Crippen LogP contribution in [0.5, 0.6) is 5.75 Å². The quantitative estimate of drug-likeness (QED) is 0.677. The minimum absolute atomic E-state index is 0.288. The zero-order chi connectivity index (χ0) is 17.4. The Balaban J connectivity index is 1.99. The van der Waals surface area contributed by atoms with Crippen molar-refractivity contribution in [3.05, 3.63) is 30.3 Å². The molecule has 0 radical (unpaired) electrons. The Morgan fingerprint density at radius 3 is 2.04 bits per heavy atom. The molecule has 0 aliphatic carbocycles. The SMILES string of the molecule is CCOC(=O)[C@@H]1CC[C@@H](C(=O)OCC)N1CCOc1ccccc1. The molecule has 6 heteroatoms. The maximum atomic E-state index is 12.2. The summed E-state index contributed by atoms with van der Waals surface area (Å²) in [5, 5.41) is 0. The summed E-state index contributed by atoms with van der Waals surface area (Å²) < 4.78 is 16.0. The number of hydrogen-bond donors (Lipinski definition) is 0. The molecule has 2 rings (SSSR count). The van der Waals surface area contributed by atoms with Crippen LogP contribution in [0.15, 0.2) is 30.3 Å². The molecular formula is C18H25NO5. The maximum absolute atomic E-state index is 12.2. The van der Waals surface area contributed by atoms with E-state index in [1.165, 1.54) is 0 Å². The van der Waals surface area contributed by atoms with E-state index in [9.17, 15) is 9.59 Å². The number of para-hydroxylation sites is 1. The first-order valence-corrected chi connectivity index (χ1v) is 8.44. The van der Waals surface area contributed by atoms with E-state index >= 15 is 0 Å². The molecule has 2 atom stereocenters. The topological polar surface area (TPSA) is 65.1 Å². The van der Waals surface area contributed by atoms with E-state index in [-0.39, 0.29) is 11.9 Å². The predicted octanol–water partition coefficient (Wildman–Crippen LogP) is 2.02. The Morgan fingerprint density at radius 2 is 1.54 bits per heavy atom. The normalized spacial score (nSPS) is 20.6. The van der Waals surface area contributed by atoms with Crippen molar-refractivity contribution >= 4 is 11.9 Å². The fourth-order valence-corrected chi connectivity index (χ4v) is 2.95. The van der Waals surface area contributed by atoms with E-state index in [0.717, 1.165) is 5.75 Å². The molecule has 1 aromatic carbocycles. The van der Waals surface area contributed by atoms with Crippen LogP contribution in [0.25, 0.3) is 0 Å². The second kappa shape index (κ2) is 9.27. The Bertz CT molecular complexity index is 507. The Labute approximate surface area is 142 Å². The molecule has 0 unspecified atom stereocenters. The third-order valence-corrected chi connectivity index (χ3v) is 3.99. The predicted molar refractivity (Wildman–Crippen MR) is 88.7 cm³/mol. The summed E-state index contributed by atoms with van der Waals surface area (Å²) >= 11 is 0. The number of hydrogen-bond acceptors (Lipinski definition) is 6. The van der Waals surface area contributed by atoms with Gasteiger partial charge in [0.1, 0.15) is 24.4 Å². The minimum atomic E-state index is -0.418. The Morgan fingerprint density at radius 1 is 1.00 bits per heavy atom. The number of rotatable bonds is 8. The number of carbonyl (C=O) groups is 2. The standard InChI is InChI=1S/C18H25NO5/c1-3-22-17(20)15-10-11-16(18(21)23-4-2)19(15)12-13-24-14-8-6-5-7-9-14/h5-9,15-16H,3-4,10-13H2,1-2H3/t15-,16-/m0/s1. The molecule has 1 saturated heterocycles. The first kappa shape index (κ1) is 18.3. The number of carbonyl (C=O) groups excluding carboxylic acids is 2. The van der Waals surface area contributed by atoms with Crippen molar-refractivity contribution in [2.75, 3.05) is 26.4 Å². The molecular weight excluding hydrogens is 310 g/mol. The van der Waals surface area contributed by atoms with Crippen LogP contribution in [0.3, 0.4) is 0 Å². The molecule has 0 spiro atoms. The molecule has 6 nitrogen and oxygen atoms in total. The third-order valence-electron chi connectivity index (χ3n) is 3.99. The monoisotopic (exact) mass is 335 g/mol. The molecule has 0 aromatic heterocycles. The summed E-state index contributed by atoms with van der Waals surface area (Å²) in [6.07, 6.45) is 1.18. The lowest BCUT2D eigenvalue weighted by Gasteiger charge is -2.27. The van der Waals surface area contributed by atoms with Crippen molar-refractivity contribution in [1.29, 1.82) is 0 Å². The van der Waals surface area contributed by atoms with Gasteiger partial charge in [-0.25, -0.2) is 0 Å². The van der Waals surface area contributed by atoms with E-state index in [2.05, 4.69) is 0 Å².